The molecular weight excluding hydrogens is 401 g/mol. The topological polar surface area (TPSA) is 65.1 Å². The number of hydrogen-bond donors (Lipinski definition) is 0. The van der Waals surface area contributed by atoms with Crippen molar-refractivity contribution in [2.75, 3.05) is 18.0 Å². The minimum Gasteiger partial charge on any atom is -0.342 e. The molecule has 0 atom stereocenters. The van der Waals surface area contributed by atoms with Gasteiger partial charge in [0.2, 0.25) is 5.95 Å². The van der Waals surface area contributed by atoms with Crippen LogP contribution in [0.5, 0.6) is 0 Å². The van der Waals surface area contributed by atoms with E-state index in [0.29, 0.717) is 21.2 Å². The molecule has 1 aliphatic rings. The number of hydrogen-bond acceptors (Lipinski definition) is 4. The van der Waals surface area contributed by atoms with Gasteiger partial charge in [-0.2, -0.15) is 4.98 Å². The summed E-state index contributed by atoms with van der Waals surface area (Å²) >= 11 is 12.0. The van der Waals surface area contributed by atoms with Gasteiger partial charge >= 0.3 is 5.69 Å². The standard InChI is InChI=1S/C19H21Cl2N5O2/c1-23-15-16(22-18(23)25-8-4-3-5-9-25)24(2)19(28)26(17(15)27)11-12-6-7-13(20)14(21)10-12/h6-7,10H,3-5,8-9,11H2,1-2H3. The smallest absolute Gasteiger partial charge is 0.332 e. The zero-order valence-corrected chi connectivity index (χ0v) is 17.3. The lowest BCUT2D eigenvalue weighted by Crippen LogP contribution is -2.39. The van der Waals surface area contributed by atoms with Crippen molar-refractivity contribution in [3.8, 4) is 0 Å². The molecule has 0 saturated carbocycles. The first-order chi connectivity index (χ1) is 13.4. The van der Waals surface area contributed by atoms with E-state index in [1.807, 2.05) is 7.05 Å². The maximum Gasteiger partial charge on any atom is 0.332 e. The van der Waals surface area contributed by atoms with Gasteiger partial charge in [-0.05, 0) is 37.0 Å². The summed E-state index contributed by atoms with van der Waals surface area (Å²) in [6, 6.07) is 5.08. The Bertz CT molecular complexity index is 1170. The number of anilines is 1. The van der Waals surface area contributed by atoms with E-state index in [4.69, 9.17) is 23.2 Å². The van der Waals surface area contributed by atoms with Gasteiger partial charge in [-0.1, -0.05) is 29.3 Å². The summed E-state index contributed by atoms with van der Waals surface area (Å²) in [6.07, 6.45) is 3.41. The first-order valence-corrected chi connectivity index (χ1v) is 9.99. The van der Waals surface area contributed by atoms with Crippen molar-refractivity contribution in [2.24, 2.45) is 14.1 Å². The monoisotopic (exact) mass is 421 g/mol. The minimum absolute atomic E-state index is 0.114. The number of nitrogens with zero attached hydrogens (tertiary/aromatic N) is 5. The normalized spacial score (nSPS) is 14.8. The highest BCUT2D eigenvalue weighted by Crippen LogP contribution is 2.23. The van der Waals surface area contributed by atoms with Crippen molar-refractivity contribution in [3.63, 3.8) is 0 Å². The summed E-state index contributed by atoms with van der Waals surface area (Å²) in [7, 11) is 3.47. The number of piperidine rings is 1. The van der Waals surface area contributed by atoms with E-state index in [0.717, 1.165) is 37.4 Å². The van der Waals surface area contributed by atoms with Crippen LogP contribution in [0.3, 0.4) is 0 Å². The molecule has 4 rings (SSSR count). The van der Waals surface area contributed by atoms with Gasteiger partial charge < -0.3 is 9.47 Å². The Labute approximate surface area is 171 Å². The third-order valence-corrected chi connectivity index (χ3v) is 6.04. The molecule has 3 heterocycles. The molecule has 148 valence electrons. The highest BCUT2D eigenvalue weighted by molar-refractivity contribution is 6.42. The largest absolute Gasteiger partial charge is 0.342 e. The third-order valence-electron chi connectivity index (χ3n) is 5.30. The number of rotatable bonds is 3. The molecule has 3 aromatic rings. The molecular formula is C19H21Cl2N5O2. The second kappa shape index (κ2) is 7.29. The molecule has 0 aliphatic carbocycles. The van der Waals surface area contributed by atoms with Crippen LogP contribution in [0.15, 0.2) is 27.8 Å². The predicted molar refractivity (Wildman–Crippen MR) is 112 cm³/mol. The Morgan fingerprint density at radius 1 is 1.00 bits per heavy atom. The number of fused-ring (bicyclic) bond motifs is 1. The first-order valence-electron chi connectivity index (χ1n) is 9.23. The van der Waals surface area contributed by atoms with Gasteiger partial charge in [0, 0.05) is 27.2 Å². The first kappa shape index (κ1) is 19.1. The molecule has 0 radical (unpaired) electrons. The van der Waals surface area contributed by atoms with Gasteiger partial charge in [0.05, 0.1) is 16.6 Å². The van der Waals surface area contributed by atoms with Crippen molar-refractivity contribution >= 4 is 40.3 Å². The zero-order valence-electron chi connectivity index (χ0n) is 15.8. The maximum atomic E-state index is 13.2. The summed E-state index contributed by atoms with van der Waals surface area (Å²) in [4.78, 5) is 32.9. The van der Waals surface area contributed by atoms with Gasteiger partial charge in [0.25, 0.3) is 5.56 Å². The number of halogens is 2. The second-order valence-corrected chi connectivity index (χ2v) is 7.99. The lowest BCUT2D eigenvalue weighted by molar-refractivity contribution is 0.563. The van der Waals surface area contributed by atoms with Crippen molar-refractivity contribution < 1.29 is 0 Å². The fourth-order valence-corrected chi connectivity index (χ4v) is 4.09. The molecule has 1 aliphatic heterocycles. The molecule has 7 nitrogen and oxygen atoms in total. The molecule has 0 spiro atoms. The zero-order chi connectivity index (χ0) is 20.0. The van der Waals surface area contributed by atoms with E-state index < -0.39 is 5.69 Å². The summed E-state index contributed by atoms with van der Waals surface area (Å²) in [5, 5.41) is 0.817. The lowest BCUT2D eigenvalue weighted by atomic mass is 10.1. The summed E-state index contributed by atoms with van der Waals surface area (Å²) in [6.45, 7) is 1.92. The average Bonchev–Trinajstić information content (AvgIpc) is 3.04. The minimum atomic E-state index is -0.410. The van der Waals surface area contributed by atoms with Crippen molar-refractivity contribution in [1.82, 2.24) is 18.7 Å². The van der Waals surface area contributed by atoms with Crippen LogP contribution in [0, 0.1) is 0 Å². The summed E-state index contributed by atoms with van der Waals surface area (Å²) in [5.41, 5.74) is 0.784. The Balaban J connectivity index is 1.86. The van der Waals surface area contributed by atoms with Crippen LogP contribution in [0.4, 0.5) is 5.95 Å². The van der Waals surface area contributed by atoms with Gasteiger partial charge in [-0.15, -0.1) is 0 Å². The Morgan fingerprint density at radius 3 is 2.39 bits per heavy atom. The molecule has 1 saturated heterocycles. The predicted octanol–water partition coefficient (Wildman–Crippen LogP) is 2.78. The van der Waals surface area contributed by atoms with Crippen molar-refractivity contribution in [3.05, 3.63) is 54.6 Å². The molecule has 28 heavy (non-hydrogen) atoms. The van der Waals surface area contributed by atoms with Crippen LogP contribution < -0.4 is 16.1 Å². The number of aromatic nitrogens is 4. The van der Waals surface area contributed by atoms with Gasteiger partial charge in [0.15, 0.2) is 11.2 Å². The molecule has 1 fully saturated rings. The van der Waals surface area contributed by atoms with Crippen molar-refractivity contribution in [1.29, 1.82) is 0 Å². The lowest BCUT2D eigenvalue weighted by Gasteiger charge is -2.27. The van der Waals surface area contributed by atoms with E-state index in [1.165, 1.54) is 15.6 Å². The van der Waals surface area contributed by atoms with E-state index in [9.17, 15) is 9.59 Å². The second-order valence-electron chi connectivity index (χ2n) is 7.17. The third kappa shape index (κ3) is 3.12. The molecule has 1 aromatic carbocycles. The summed E-state index contributed by atoms with van der Waals surface area (Å²) < 4.78 is 4.44. The van der Waals surface area contributed by atoms with Crippen LogP contribution >= 0.6 is 23.2 Å². The molecule has 9 heteroatoms. The molecule has 2 aromatic heterocycles. The summed E-state index contributed by atoms with van der Waals surface area (Å²) in [5.74, 6) is 0.731. The molecule has 0 N–H and O–H groups in total. The van der Waals surface area contributed by atoms with Crippen LogP contribution in [0.25, 0.3) is 11.2 Å². The van der Waals surface area contributed by atoms with Crippen molar-refractivity contribution in [2.45, 2.75) is 25.8 Å². The van der Waals surface area contributed by atoms with E-state index >= 15 is 0 Å². The molecule has 0 unspecified atom stereocenters. The van der Waals surface area contributed by atoms with Crippen LogP contribution in [0.1, 0.15) is 24.8 Å². The Morgan fingerprint density at radius 2 is 1.71 bits per heavy atom. The average molecular weight is 422 g/mol. The Hall–Kier alpha value is -2.25. The SMILES string of the molecule is Cn1c(N2CCCCC2)nc2c1c(=O)n(Cc1ccc(Cl)c(Cl)c1)c(=O)n2C. The highest BCUT2D eigenvalue weighted by Gasteiger charge is 2.22. The maximum absolute atomic E-state index is 13.2. The molecule has 0 bridgehead atoms. The number of benzene rings is 1. The number of imidazole rings is 1. The van der Waals surface area contributed by atoms with Gasteiger partial charge in [-0.3, -0.25) is 13.9 Å². The van der Waals surface area contributed by atoms with Crippen LogP contribution in [-0.2, 0) is 20.6 Å². The van der Waals surface area contributed by atoms with Crippen LogP contribution in [-0.4, -0.2) is 31.8 Å². The highest BCUT2D eigenvalue weighted by atomic mass is 35.5. The fraction of sp³-hybridized carbons (Fsp3) is 0.421. The van der Waals surface area contributed by atoms with E-state index in [-0.39, 0.29) is 12.1 Å². The van der Waals surface area contributed by atoms with Crippen LogP contribution in [0.2, 0.25) is 10.0 Å². The van der Waals surface area contributed by atoms with Gasteiger partial charge in [-0.25, -0.2) is 4.79 Å². The van der Waals surface area contributed by atoms with E-state index in [2.05, 4.69) is 9.88 Å². The quantitative estimate of drug-likeness (QED) is 0.651. The van der Waals surface area contributed by atoms with E-state index in [1.54, 1.807) is 29.8 Å². The van der Waals surface area contributed by atoms with Gasteiger partial charge in [0.1, 0.15) is 0 Å². The fourth-order valence-electron chi connectivity index (χ4n) is 3.77. The molecule has 0 amide bonds. The Kier molecular flexibility index (Phi) is 4.97. The number of aryl methyl sites for hydroxylation is 2.